The number of methoxy groups -OCH3 is 1. The normalized spacial score (nSPS) is 10.1. The topological polar surface area (TPSA) is 93.1 Å². The van der Waals surface area contributed by atoms with Gasteiger partial charge in [0.25, 0.3) is 0 Å². The van der Waals surface area contributed by atoms with Crippen LogP contribution in [0, 0.1) is 5.82 Å². The highest BCUT2D eigenvalue weighted by atomic mass is 79.9. The fourth-order valence-corrected chi connectivity index (χ4v) is 3.32. The van der Waals surface area contributed by atoms with Crippen molar-refractivity contribution < 1.29 is 33.7 Å². The Morgan fingerprint density at radius 2 is 1.70 bits per heavy atom. The number of hydrogen-bond acceptors (Lipinski definition) is 6. The van der Waals surface area contributed by atoms with Crippen molar-refractivity contribution in [3.05, 3.63) is 81.6 Å². The molecule has 0 bridgehead atoms. The molecule has 0 radical (unpaired) electrons. The fraction of sp³-hybridized carbons (Fsp3) is 0.167. The maximum absolute atomic E-state index is 13.7. The van der Waals surface area contributed by atoms with E-state index >= 15 is 0 Å². The number of Topliss-reactive ketones (excluding diaryl/α,β-unsaturated/α-hetero) is 2. The Balaban J connectivity index is 0.000000294. The summed E-state index contributed by atoms with van der Waals surface area (Å²) >= 11 is 6.33. The number of halogens is 3. The summed E-state index contributed by atoms with van der Waals surface area (Å²) in [5.41, 5.74) is 1.15. The Kier molecular flexibility index (Phi) is 9.87. The third kappa shape index (κ3) is 7.57. The number of aromatic hydroxyl groups is 2. The zero-order chi connectivity index (χ0) is 24.5. The monoisotopic (exact) mass is 582 g/mol. The van der Waals surface area contributed by atoms with Crippen LogP contribution in [-0.4, -0.2) is 34.2 Å². The van der Waals surface area contributed by atoms with Crippen molar-refractivity contribution in [3.8, 4) is 23.0 Å². The molecule has 3 aromatic carbocycles. The molecule has 0 atom stereocenters. The van der Waals surface area contributed by atoms with Crippen molar-refractivity contribution in [2.24, 2.45) is 0 Å². The average Bonchev–Trinajstić information content (AvgIpc) is 2.78. The molecule has 3 aromatic rings. The van der Waals surface area contributed by atoms with Crippen LogP contribution in [0.1, 0.15) is 33.2 Å². The van der Waals surface area contributed by atoms with Gasteiger partial charge in [-0.1, -0.05) is 37.9 Å². The molecule has 0 saturated heterocycles. The first-order chi connectivity index (χ1) is 15.7. The number of phenols is 2. The maximum Gasteiger partial charge on any atom is 0.177 e. The van der Waals surface area contributed by atoms with Crippen molar-refractivity contribution >= 4 is 43.4 Å². The molecule has 6 nitrogen and oxygen atoms in total. The number of ketones is 2. The van der Waals surface area contributed by atoms with E-state index in [1.807, 2.05) is 0 Å². The Bertz CT molecular complexity index is 1150. The Labute approximate surface area is 207 Å². The minimum absolute atomic E-state index is 0.0486. The highest BCUT2D eigenvalue weighted by Gasteiger charge is 2.12. The largest absolute Gasteiger partial charge is 0.508 e. The van der Waals surface area contributed by atoms with Crippen LogP contribution in [0.2, 0.25) is 0 Å². The molecule has 0 saturated carbocycles. The molecule has 0 aliphatic carbocycles. The second-order valence-corrected chi connectivity index (χ2v) is 8.18. The van der Waals surface area contributed by atoms with Gasteiger partial charge in [0.15, 0.2) is 11.6 Å². The van der Waals surface area contributed by atoms with Gasteiger partial charge in [0.1, 0.15) is 35.4 Å². The fourth-order valence-electron chi connectivity index (χ4n) is 2.68. The molecule has 9 heteroatoms. The van der Waals surface area contributed by atoms with Crippen LogP contribution >= 0.6 is 31.9 Å². The SMILES string of the molecule is CC(=O)c1ccc(O)cc1O.COc1cc(OCc2ccc(Br)cc2F)ccc1C(=O)CBr. The summed E-state index contributed by atoms with van der Waals surface area (Å²) < 4.78 is 25.2. The van der Waals surface area contributed by atoms with Crippen molar-refractivity contribution in [3.63, 3.8) is 0 Å². The Hall–Kier alpha value is -2.91. The van der Waals surface area contributed by atoms with Gasteiger partial charge < -0.3 is 19.7 Å². The highest BCUT2D eigenvalue weighted by Crippen LogP contribution is 2.27. The lowest BCUT2D eigenvalue weighted by Gasteiger charge is -2.11. The van der Waals surface area contributed by atoms with Crippen LogP contribution in [-0.2, 0) is 6.61 Å². The van der Waals surface area contributed by atoms with Crippen molar-refractivity contribution in [2.75, 3.05) is 12.4 Å². The lowest BCUT2D eigenvalue weighted by molar-refractivity contribution is 0.100. The first-order valence-electron chi connectivity index (χ1n) is 9.53. The van der Waals surface area contributed by atoms with Gasteiger partial charge in [-0.05, 0) is 43.3 Å². The maximum atomic E-state index is 13.7. The molecule has 3 rings (SSSR count). The van der Waals surface area contributed by atoms with E-state index in [4.69, 9.17) is 19.7 Å². The zero-order valence-corrected chi connectivity index (χ0v) is 20.9. The van der Waals surface area contributed by atoms with Gasteiger partial charge in [0, 0.05) is 22.2 Å². The molecule has 0 aliphatic rings. The quantitative estimate of drug-likeness (QED) is 0.260. The van der Waals surface area contributed by atoms with E-state index in [2.05, 4.69) is 31.9 Å². The molecule has 0 fully saturated rings. The van der Waals surface area contributed by atoms with Crippen molar-refractivity contribution in [2.45, 2.75) is 13.5 Å². The second kappa shape index (κ2) is 12.4. The number of phenolic OH excluding ortho intramolecular Hbond substituents is 2. The van der Waals surface area contributed by atoms with E-state index in [0.717, 1.165) is 6.07 Å². The van der Waals surface area contributed by atoms with Crippen molar-refractivity contribution in [1.29, 1.82) is 0 Å². The van der Waals surface area contributed by atoms with Gasteiger partial charge in [-0.2, -0.15) is 0 Å². The molecule has 0 spiro atoms. The smallest absolute Gasteiger partial charge is 0.177 e. The van der Waals surface area contributed by atoms with Gasteiger partial charge in [-0.15, -0.1) is 0 Å². The summed E-state index contributed by atoms with van der Waals surface area (Å²) in [5.74, 6) is 0.0609. The number of alkyl halides is 1. The van der Waals surface area contributed by atoms with Gasteiger partial charge in [0.2, 0.25) is 0 Å². The van der Waals surface area contributed by atoms with Crippen molar-refractivity contribution in [1.82, 2.24) is 0 Å². The number of carbonyl (C=O) groups is 2. The van der Waals surface area contributed by atoms with Crippen LogP contribution in [0.3, 0.4) is 0 Å². The summed E-state index contributed by atoms with van der Waals surface area (Å²) in [6.07, 6.45) is 0. The summed E-state index contributed by atoms with van der Waals surface area (Å²) in [4.78, 5) is 22.5. The van der Waals surface area contributed by atoms with E-state index in [1.54, 1.807) is 30.3 Å². The van der Waals surface area contributed by atoms with Gasteiger partial charge in [0.05, 0.1) is 23.6 Å². The number of ether oxygens (including phenoxy) is 2. The summed E-state index contributed by atoms with van der Waals surface area (Å²) in [6.45, 7) is 1.44. The minimum Gasteiger partial charge on any atom is -0.508 e. The number of benzene rings is 3. The third-order valence-corrected chi connectivity index (χ3v) is 5.37. The van der Waals surface area contributed by atoms with Crippen LogP contribution in [0.25, 0.3) is 0 Å². The molecule has 0 heterocycles. The standard InChI is InChI=1S/C16H13Br2FO3.C8H8O3/c1-21-16-7-12(4-5-13(16)15(20)8-17)22-9-10-2-3-11(18)6-14(10)19;1-5(9)7-3-2-6(10)4-8(7)11/h2-7H,8-9H2,1H3;2-4,10-11H,1H3. The van der Waals surface area contributed by atoms with E-state index in [9.17, 15) is 14.0 Å². The van der Waals surface area contributed by atoms with E-state index in [-0.39, 0.29) is 46.4 Å². The molecule has 0 aromatic heterocycles. The van der Waals surface area contributed by atoms with Gasteiger partial charge in [-0.3, -0.25) is 9.59 Å². The summed E-state index contributed by atoms with van der Waals surface area (Å²) in [7, 11) is 1.48. The molecule has 174 valence electrons. The summed E-state index contributed by atoms with van der Waals surface area (Å²) in [6, 6.07) is 13.6. The first-order valence-corrected chi connectivity index (χ1v) is 11.4. The Morgan fingerprint density at radius 1 is 1.00 bits per heavy atom. The molecule has 0 unspecified atom stereocenters. The number of carbonyl (C=O) groups excluding carboxylic acids is 2. The summed E-state index contributed by atoms with van der Waals surface area (Å²) in [5, 5.41) is 18.1. The van der Waals surface area contributed by atoms with Crippen LogP contribution in [0.4, 0.5) is 4.39 Å². The second-order valence-electron chi connectivity index (χ2n) is 6.70. The lowest BCUT2D eigenvalue weighted by atomic mass is 10.1. The van der Waals surface area contributed by atoms with Crippen LogP contribution in [0.5, 0.6) is 23.0 Å². The predicted molar refractivity (Wildman–Crippen MR) is 129 cm³/mol. The van der Waals surface area contributed by atoms with Gasteiger partial charge >= 0.3 is 0 Å². The number of hydrogen-bond donors (Lipinski definition) is 2. The molecular weight excluding hydrogens is 563 g/mol. The average molecular weight is 584 g/mol. The lowest BCUT2D eigenvalue weighted by Crippen LogP contribution is -2.04. The first kappa shape index (κ1) is 26.3. The van der Waals surface area contributed by atoms with E-state index < -0.39 is 0 Å². The number of rotatable bonds is 7. The Morgan fingerprint density at radius 3 is 2.27 bits per heavy atom. The highest BCUT2D eigenvalue weighted by molar-refractivity contribution is 9.10. The zero-order valence-electron chi connectivity index (χ0n) is 17.8. The van der Waals surface area contributed by atoms with E-state index in [1.165, 1.54) is 32.2 Å². The molecular formula is C24H21Br2FO6. The third-order valence-electron chi connectivity index (χ3n) is 4.36. The molecule has 0 aliphatic heterocycles. The molecule has 33 heavy (non-hydrogen) atoms. The minimum atomic E-state index is -0.340. The van der Waals surface area contributed by atoms with Crippen LogP contribution < -0.4 is 9.47 Å². The molecule has 2 N–H and O–H groups in total. The molecule has 0 amide bonds. The van der Waals surface area contributed by atoms with E-state index in [0.29, 0.717) is 27.1 Å². The van der Waals surface area contributed by atoms with Gasteiger partial charge in [-0.25, -0.2) is 4.39 Å². The van der Waals surface area contributed by atoms with Crippen LogP contribution in [0.15, 0.2) is 59.1 Å². The predicted octanol–water partition coefficient (Wildman–Crippen LogP) is 6.05.